The Morgan fingerprint density at radius 1 is 1.09 bits per heavy atom. The maximum absolute atomic E-state index is 13.1. The Bertz CT molecular complexity index is 1280. The first-order chi connectivity index (χ1) is 15.9. The number of furan rings is 1. The summed E-state index contributed by atoms with van der Waals surface area (Å²) in [6.45, 7) is 3.07. The number of benzene rings is 1. The number of aromatic nitrogens is 2. The number of carbonyl (C=O) groups excluding carboxylic acids is 1. The van der Waals surface area contributed by atoms with Crippen molar-refractivity contribution in [3.63, 3.8) is 0 Å². The molecule has 1 aliphatic carbocycles. The normalized spacial score (nSPS) is 16.8. The fourth-order valence-corrected chi connectivity index (χ4v) is 6.37. The van der Waals surface area contributed by atoms with Crippen molar-refractivity contribution in [2.45, 2.75) is 36.3 Å². The first-order valence-corrected chi connectivity index (χ1v) is 13.2. The number of carbonyl (C=O) groups is 1. The summed E-state index contributed by atoms with van der Waals surface area (Å²) in [4.78, 5) is 14.7. The number of amides is 1. The van der Waals surface area contributed by atoms with Crippen molar-refractivity contribution in [1.29, 1.82) is 0 Å². The Morgan fingerprint density at radius 2 is 1.88 bits per heavy atom. The number of hydrogen-bond acceptors (Lipinski definition) is 8. The van der Waals surface area contributed by atoms with Crippen LogP contribution in [0.5, 0.6) is 0 Å². The van der Waals surface area contributed by atoms with Gasteiger partial charge in [-0.3, -0.25) is 4.79 Å². The van der Waals surface area contributed by atoms with Gasteiger partial charge in [0.15, 0.2) is 0 Å². The molecule has 3 heterocycles. The monoisotopic (exact) mass is 488 g/mol. The molecule has 0 saturated carbocycles. The van der Waals surface area contributed by atoms with Crippen LogP contribution in [0.2, 0.25) is 0 Å². The van der Waals surface area contributed by atoms with Crippen LogP contribution < -0.4 is 0 Å². The van der Waals surface area contributed by atoms with E-state index in [0.29, 0.717) is 34.9 Å². The molecule has 0 bridgehead atoms. The molecule has 2 aliphatic rings. The van der Waals surface area contributed by atoms with E-state index in [0.717, 1.165) is 30.4 Å². The van der Waals surface area contributed by atoms with Gasteiger partial charge >= 0.3 is 0 Å². The first-order valence-electron chi connectivity index (χ1n) is 10.8. The van der Waals surface area contributed by atoms with Gasteiger partial charge in [0.25, 0.3) is 11.1 Å². The molecule has 5 rings (SSSR count). The average Bonchev–Trinajstić information content (AvgIpc) is 3.57. The van der Waals surface area contributed by atoms with Crippen molar-refractivity contribution in [2.24, 2.45) is 0 Å². The van der Waals surface area contributed by atoms with Crippen molar-refractivity contribution < 1.29 is 22.0 Å². The van der Waals surface area contributed by atoms with Crippen molar-refractivity contribution in [3.05, 3.63) is 47.4 Å². The molecule has 0 spiro atoms. The largest absolute Gasteiger partial charge is 0.469 e. The van der Waals surface area contributed by atoms with Crippen LogP contribution in [0.4, 0.5) is 0 Å². The van der Waals surface area contributed by atoms with Gasteiger partial charge in [-0.15, -0.1) is 10.2 Å². The second kappa shape index (κ2) is 8.96. The lowest BCUT2D eigenvalue weighted by atomic mass is 10.1. The molecular formula is C22H24N4O5S2. The predicted molar refractivity (Wildman–Crippen MR) is 121 cm³/mol. The molecule has 0 unspecified atom stereocenters. The molecule has 1 amide bonds. The molecule has 1 saturated heterocycles. The van der Waals surface area contributed by atoms with Gasteiger partial charge in [-0.25, -0.2) is 8.42 Å². The average molecular weight is 489 g/mol. The first kappa shape index (κ1) is 22.2. The van der Waals surface area contributed by atoms with E-state index in [-0.39, 0.29) is 24.7 Å². The van der Waals surface area contributed by atoms with E-state index in [1.807, 2.05) is 12.1 Å². The Balaban J connectivity index is 1.15. The van der Waals surface area contributed by atoms with E-state index in [1.54, 1.807) is 30.2 Å². The smallest absolute Gasteiger partial charge is 0.277 e. The number of thioether (sulfide) groups is 1. The third-order valence-electron chi connectivity index (χ3n) is 6.11. The fourth-order valence-electron chi connectivity index (χ4n) is 4.23. The summed E-state index contributed by atoms with van der Waals surface area (Å²) in [7, 11) is -3.56. The van der Waals surface area contributed by atoms with Gasteiger partial charge in [0.05, 0.1) is 22.5 Å². The molecule has 0 radical (unpaired) electrons. The van der Waals surface area contributed by atoms with Gasteiger partial charge in [-0.1, -0.05) is 17.8 Å². The SMILES string of the molecule is Cc1occc1-c1nnc(SCC(=O)N2CCN(S(=O)(=O)c3ccc4c(c3)CCC4)CC2)o1. The van der Waals surface area contributed by atoms with Crippen LogP contribution in [0.1, 0.15) is 23.3 Å². The maximum atomic E-state index is 13.1. The van der Waals surface area contributed by atoms with Crippen molar-refractivity contribution >= 4 is 27.7 Å². The number of hydrogen-bond donors (Lipinski definition) is 0. The molecule has 9 nitrogen and oxygen atoms in total. The Kier molecular flexibility index (Phi) is 6.02. The van der Waals surface area contributed by atoms with Crippen molar-refractivity contribution in [1.82, 2.24) is 19.4 Å². The van der Waals surface area contributed by atoms with E-state index in [1.165, 1.54) is 21.6 Å². The highest BCUT2D eigenvalue weighted by molar-refractivity contribution is 7.99. The number of fused-ring (bicyclic) bond motifs is 1. The number of aryl methyl sites for hydroxylation is 3. The van der Waals surface area contributed by atoms with E-state index in [9.17, 15) is 13.2 Å². The number of rotatable bonds is 6. The fraction of sp³-hybridized carbons (Fsp3) is 0.409. The van der Waals surface area contributed by atoms with Gasteiger partial charge in [0.2, 0.25) is 15.9 Å². The van der Waals surface area contributed by atoms with Crippen LogP contribution in [0, 0.1) is 6.92 Å². The van der Waals surface area contributed by atoms with E-state index in [2.05, 4.69) is 10.2 Å². The lowest BCUT2D eigenvalue weighted by molar-refractivity contribution is -0.129. The molecule has 1 aromatic carbocycles. The highest BCUT2D eigenvalue weighted by Crippen LogP contribution is 2.28. The lowest BCUT2D eigenvalue weighted by Gasteiger charge is -2.34. The minimum Gasteiger partial charge on any atom is -0.469 e. The van der Waals surface area contributed by atoms with Crippen LogP contribution in [0.25, 0.3) is 11.5 Å². The van der Waals surface area contributed by atoms with E-state index in [4.69, 9.17) is 8.83 Å². The standard InChI is InChI=1S/C22H24N4O5S2/c1-15-19(7-12-30-15)21-23-24-22(31-21)32-14-20(27)25-8-10-26(11-9-25)33(28,29)18-6-5-16-3-2-4-17(16)13-18/h5-7,12-13H,2-4,8-11,14H2,1H3. The van der Waals surface area contributed by atoms with Gasteiger partial charge in [-0.2, -0.15) is 4.31 Å². The van der Waals surface area contributed by atoms with Crippen LogP contribution >= 0.6 is 11.8 Å². The summed E-state index contributed by atoms with van der Waals surface area (Å²) in [6.07, 6.45) is 4.57. The number of sulfonamides is 1. The molecular weight excluding hydrogens is 464 g/mol. The Morgan fingerprint density at radius 3 is 2.64 bits per heavy atom. The third-order valence-corrected chi connectivity index (χ3v) is 8.81. The lowest BCUT2D eigenvalue weighted by Crippen LogP contribution is -2.50. The second-order valence-electron chi connectivity index (χ2n) is 8.12. The molecule has 0 atom stereocenters. The van der Waals surface area contributed by atoms with Gasteiger partial charge in [0.1, 0.15) is 5.76 Å². The highest BCUT2D eigenvalue weighted by Gasteiger charge is 2.31. The predicted octanol–water partition coefficient (Wildman–Crippen LogP) is 2.75. The van der Waals surface area contributed by atoms with Crippen LogP contribution in [0.15, 0.2) is 49.5 Å². The summed E-state index contributed by atoms with van der Waals surface area (Å²) < 4.78 is 38.5. The molecule has 174 valence electrons. The number of piperazine rings is 1. The van der Waals surface area contributed by atoms with Crippen molar-refractivity contribution in [2.75, 3.05) is 31.9 Å². The third kappa shape index (κ3) is 4.44. The van der Waals surface area contributed by atoms with Gasteiger partial charge < -0.3 is 13.7 Å². The van der Waals surface area contributed by atoms with E-state index >= 15 is 0 Å². The molecule has 33 heavy (non-hydrogen) atoms. The topological polar surface area (TPSA) is 110 Å². The molecule has 1 fully saturated rings. The maximum Gasteiger partial charge on any atom is 0.277 e. The molecule has 11 heteroatoms. The van der Waals surface area contributed by atoms with Crippen molar-refractivity contribution in [3.8, 4) is 11.5 Å². The minimum absolute atomic E-state index is 0.0891. The summed E-state index contributed by atoms with van der Waals surface area (Å²) in [5.41, 5.74) is 3.10. The zero-order valence-electron chi connectivity index (χ0n) is 18.2. The summed E-state index contributed by atoms with van der Waals surface area (Å²) in [6, 6.07) is 7.20. The Hall–Kier alpha value is -2.63. The zero-order valence-corrected chi connectivity index (χ0v) is 19.8. The van der Waals surface area contributed by atoms with Gasteiger partial charge in [-0.05, 0) is 55.5 Å². The summed E-state index contributed by atoms with van der Waals surface area (Å²) >= 11 is 1.17. The second-order valence-corrected chi connectivity index (χ2v) is 11.0. The molecule has 3 aromatic rings. The van der Waals surface area contributed by atoms with E-state index < -0.39 is 10.0 Å². The summed E-state index contributed by atoms with van der Waals surface area (Å²) in [5.74, 6) is 1.08. The quantitative estimate of drug-likeness (QED) is 0.487. The van der Waals surface area contributed by atoms with Crippen LogP contribution in [-0.2, 0) is 27.7 Å². The summed E-state index contributed by atoms with van der Waals surface area (Å²) in [5, 5.41) is 8.28. The molecule has 2 aromatic heterocycles. The van der Waals surface area contributed by atoms with Gasteiger partial charge in [0, 0.05) is 26.2 Å². The van der Waals surface area contributed by atoms with Crippen LogP contribution in [0.3, 0.4) is 0 Å². The Labute approximate surface area is 196 Å². The number of nitrogens with zero attached hydrogens (tertiary/aromatic N) is 4. The minimum atomic E-state index is -3.56. The van der Waals surface area contributed by atoms with Crippen LogP contribution in [-0.4, -0.2) is 65.7 Å². The molecule has 0 N–H and O–H groups in total. The highest BCUT2D eigenvalue weighted by atomic mass is 32.2. The zero-order chi connectivity index (χ0) is 23.0. The molecule has 1 aliphatic heterocycles.